The number of nitrogens with zero attached hydrogens (tertiary/aromatic N) is 4. The van der Waals surface area contributed by atoms with Crippen LogP contribution in [0.4, 0.5) is 0 Å². The summed E-state index contributed by atoms with van der Waals surface area (Å²) < 4.78 is 1.89. The van der Waals surface area contributed by atoms with E-state index < -0.39 is 11.5 Å². The highest BCUT2D eigenvalue weighted by Crippen LogP contribution is 2.27. The molecule has 1 saturated heterocycles. The highest BCUT2D eigenvalue weighted by molar-refractivity contribution is 5.93. The molecule has 0 saturated carbocycles. The van der Waals surface area contributed by atoms with Crippen LogP contribution in [0, 0.1) is 18.3 Å². The first-order valence-electron chi connectivity index (χ1n) is 14.9. The Morgan fingerprint density at radius 2 is 1.83 bits per heavy atom. The minimum atomic E-state index is -0.639. The maximum Gasteiger partial charge on any atom is 0.274 e. The lowest BCUT2D eigenvalue weighted by atomic mass is 9.85. The Kier molecular flexibility index (Phi) is 9.51. The average molecular weight is 560 g/mol. The fraction of sp³-hybridized carbons (Fsp3) is 0.515. The van der Waals surface area contributed by atoms with Crippen LogP contribution in [0.1, 0.15) is 75.5 Å². The molecule has 1 aliphatic rings. The summed E-state index contributed by atoms with van der Waals surface area (Å²) in [5.74, 6) is -0.477. The Hall–Kier alpha value is -3.68. The van der Waals surface area contributed by atoms with Crippen molar-refractivity contribution in [2.24, 2.45) is 11.3 Å². The number of fused-ring (bicyclic) bond motifs is 1. The van der Waals surface area contributed by atoms with Gasteiger partial charge in [-0.05, 0) is 55.2 Å². The molecule has 2 aromatic heterocycles. The van der Waals surface area contributed by atoms with Gasteiger partial charge in [0.05, 0.1) is 0 Å². The number of carbonyl (C=O) groups is 3. The van der Waals surface area contributed by atoms with Crippen molar-refractivity contribution in [2.75, 3.05) is 19.6 Å². The molecule has 1 aromatic carbocycles. The first-order chi connectivity index (χ1) is 19.5. The smallest absolute Gasteiger partial charge is 0.274 e. The lowest BCUT2D eigenvalue weighted by molar-refractivity contribution is -0.141. The number of likely N-dealkylation sites (tertiary alicyclic amines) is 1. The maximum absolute atomic E-state index is 14.0. The van der Waals surface area contributed by atoms with E-state index in [1.165, 1.54) is 0 Å². The summed E-state index contributed by atoms with van der Waals surface area (Å²) in [4.78, 5) is 49.1. The van der Waals surface area contributed by atoms with Gasteiger partial charge in [0.2, 0.25) is 11.8 Å². The molecule has 1 fully saturated rings. The largest absolute Gasteiger partial charge is 0.344 e. The average Bonchev–Trinajstić information content (AvgIpc) is 3.59. The van der Waals surface area contributed by atoms with Gasteiger partial charge >= 0.3 is 0 Å². The van der Waals surface area contributed by atoms with Crippen molar-refractivity contribution < 1.29 is 14.4 Å². The molecule has 0 radical (unpaired) electrons. The topological polar surface area (TPSA) is 87.0 Å². The second kappa shape index (κ2) is 12.9. The van der Waals surface area contributed by atoms with E-state index in [-0.39, 0.29) is 29.7 Å². The van der Waals surface area contributed by atoms with Crippen molar-refractivity contribution in [3.05, 3.63) is 71.7 Å². The van der Waals surface area contributed by atoms with E-state index in [4.69, 9.17) is 0 Å². The maximum atomic E-state index is 14.0. The summed E-state index contributed by atoms with van der Waals surface area (Å²) in [6, 6.07) is 13.2. The van der Waals surface area contributed by atoms with Gasteiger partial charge < -0.3 is 19.5 Å². The normalized spacial score (nSPS) is 16.9. The molecular weight excluding hydrogens is 514 g/mol. The molecule has 41 heavy (non-hydrogen) atoms. The number of benzene rings is 1. The standard InChI is InChI=1S/C33H45N5O3/c1-7-24(3)30(39)35-29(33(4,5)6)32(41)38-18-11-14-26(38)21-36(19-17-25-12-9-8-10-13-25)31(40)27-22-37-20-23(2)15-16-28(37)34-27/h8-10,12-13,15-16,20,22,24,26,29H,7,11,14,17-19,21H2,1-6H3,(H,35,39)/t24-,26+,29-/m1/s1. The molecule has 3 aromatic rings. The van der Waals surface area contributed by atoms with E-state index in [2.05, 4.69) is 22.4 Å². The third-order valence-corrected chi connectivity index (χ3v) is 8.17. The zero-order valence-corrected chi connectivity index (χ0v) is 25.4. The summed E-state index contributed by atoms with van der Waals surface area (Å²) in [7, 11) is 0. The number of rotatable bonds is 10. The molecule has 3 amide bonds. The molecule has 1 N–H and O–H groups in total. The third-order valence-electron chi connectivity index (χ3n) is 8.17. The fourth-order valence-corrected chi connectivity index (χ4v) is 5.41. The van der Waals surface area contributed by atoms with Gasteiger partial charge in [0, 0.05) is 44.0 Å². The van der Waals surface area contributed by atoms with Gasteiger partial charge in [-0.15, -0.1) is 0 Å². The van der Waals surface area contributed by atoms with Crippen LogP contribution in [-0.2, 0) is 16.0 Å². The van der Waals surface area contributed by atoms with Crippen LogP contribution in [-0.4, -0.2) is 68.6 Å². The predicted octanol–water partition coefficient (Wildman–Crippen LogP) is 4.90. The Bertz CT molecular complexity index is 1360. The zero-order valence-electron chi connectivity index (χ0n) is 25.4. The Balaban J connectivity index is 1.57. The van der Waals surface area contributed by atoms with E-state index in [0.29, 0.717) is 38.2 Å². The SMILES string of the molecule is CC[C@@H](C)C(=O)N[C@H](C(=O)N1CCC[C@H]1CN(CCc1ccccc1)C(=O)c1cn2cc(C)ccc2n1)C(C)(C)C. The van der Waals surface area contributed by atoms with Crippen LogP contribution in [0.3, 0.4) is 0 Å². The monoisotopic (exact) mass is 559 g/mol. The van der Waals surface area contributed by atoms with E-state index in [9.17, 15) is 14.4 Å². The summed E-state index contributed by atoms with van der Waals surface area (Å²) in [5.41, 5.74) is 2.90. The number of aromatic nitrogens is 2. The van der Waals surface area contributed by atoms with Crippen molar-refractivity contribution >= 4 is 23.4 Å². The second-order valence-electron chi connectivity index (χ2n) is 12.5. The molecule has 3 atom stereocenters. The quantitative estimate of drug-likeness (QED) is 0.383. The number of nitrogens with one attached hydrogen (secondary N) is 1. The van der Waals surface area contributed by atoms with Crippen LogP contribution in [0.5, 0.6) is 0 Å². The summed E-state index contributed by atoms with van der Waals surface area (Å²) in [5, 5.41) is 3.05. The molecule has 0 spiro atoms. The lowest BCUT2D eigenvalue weighted by Gasteiger charge is -2.37. The number of aryl methyl sites for hydroxylation is 1. The predicted molar refractivity (Wildman–Crippen MR) is 162 cm³/mol. The Labute approximate surface area is 244 Å². The number of pyridine rings is 1. The van der Waals surface area contributed by atoms with E-state index >= 15 is 0 Å². The van der Waals surface area contributed by atoms with Crippen LogP contribution in [0.15, 0.2) is 54.9 Å². The number of hydrogen-bond acceptors (Lipinski definition) is 4. The van der Waals surface area contributed by atoms with Gasteiger partial charge in [-0.3, -0.25) is 14.4 Å². The van der Waals surface area contributed by atoms with E-state index in [1.807, 2.05) is 92.3 Å². The zero-order chi connectivity index (χ0) is 29.7. The Morgan fingerprint density at radius 3 is 2.51 bits per heavy atom. The molecule has 1 aliphatic heterocycles. The first-order valence-corrected chi connectivity index (χ1v) is 14.9. The minimum Gasteiger partial charge on any atom is -0.344 e. The molecule has 3 heterocycles. The van der Waals surface area contributed by atoms with Gasteiger partial charge in [0.25, 0.3) is 5.91 Å². The highest BCUT2D eigenvalue weighted by Gasteiger charge is 2.40. The van der Waals surface area contributed by atoms with Crippen molar-refractivity contribution in [3.63, 3.8) is 0 Å². The number of amides is 3. The van der Waals surface area contributed by atoms with Gasteiger partial charge in [-0.2, -0.15) is 0 Å². The van der Waals surface area contributed by atoms with Gasteiger partial charge in [0.1, 0.15) is 17.4 Å². The molecule has 0 unspecified atom stereocenters. The molecule has 0 bridgehead atoms. The van der Waals surface area contributed by atoms with Crippen LogP contribution in [0.2, 0.25) is 0 Å². The highest BCUT2D eigenvalue weighted by atomic mass is 16.2. The molecule has 0 aliphatic carbocycles. The van der Waals surface area contributed by atoms with Crippen molar-refractivity contribution in [1.29, 1.82) is 0 Å². The summed E-state index contributed by atoms with van der Waals surface area (Å²) >= 11 is 0. The van der Waals surface area contributed by atoms with Gasteiger partial charge in [-0.1, -0.05) is 71.0 Å². The van der Waals surface area contributed by atoms with Crippen molar-refractivity contribution in [2.45, 2.75) is 79.3 Å². The molecular formula is C33H45N5O3. The molecule has 8 heteroatoms. The lowest BCUT2D eigenvalue weighted by Crippen LogP contribution is -2.57. The van der Waals surface area contributed by atoms with Crippen molar-refractivity contribution in [1.82, 2.24) is 24.5 Å². The van der Waals surface area contributed by atoms with Gasteiger partial charge in [0.15, 0.2) is 0 Å². The van der Waals surface area contributed by atoms with E-state index in [1.54, 1.807) is 6.20 Å². The second-order valence-corrected chi connectivity index (χ2v) is 12.5. The summed E-state index contributed by atoms with van der Waals surface area (Å²) in [6.07, 6.45) is 6.84. The first kappa shape index (κ1) is 30.3. The Morgan fingerprint density at radius 1 is 1.10 bits per heavy atom. The number of hydrogen-bond donors (Lipinski definition) is 1. The molecule has 4 rings (SSSR count). The van der Waals surface area contributed by atoms with Crippen molar-refractivity contribution in [3.8, 4) is 0 Å². The van der Waals surface area contributed by atoms with Crippen LogP contribution >= 0.6 is 0 Å². The minimum absolute atomic E-state index is 0.0738. The van der Waals surface area contributed by atoms with Gasteiger partial charge in [-0.25, -0.2) is 4.98 Å². The van der Waals surface area contributed by atoms with Crippen LogP contribution < -0.4 is 5.32 Å². The number of carbonyl (C=O) groups excluding carboxylic acids is 3. The number of imidazole rings is 1. The van der Waals surface area contributed by atoms with E-state index in [0.717, 1.165) is 29.6 Å². The van der Waals surface area contributed by atoms with Crippen LogP contribution in [0.25, 0.3) is 5.65 Å². The fourth-order valence-electron chi connectivity index (χ4n) is 5.41. The molecule has 220 valence electrons. The molecule has 8 nitrogen and oxygen atoms in total. The summed E-state index contributed by atoms with van der Waals surface area (Å²) in [6.45, 7) is 13.4. The third kappa shape index (κ3) is 7.34.